The number of carbonyl (C=O) groups excluding carboxylic acids is 1. The van der Waals surface area contributed by atoms with Crippen molar-refractivity contribution in [1.82, 2.24) is 5.32 Å². The molecular weight excluding hydrogens is 208 g/mol. The number of thiophene rings is 1. The smallest absolute Gasteiger partial charge is 0.240 e. The van der Waals surface area contributed by atoms with Crippen molar-refractivity contribution in [2.24, 2.45) is 5.73 Å². The van der Waals surface area contributed by atoms with E-state index in [1.54, 1.807) is 18.3 Å². The fourth-order valence-corrected chi connectivity index (χ4v) is 1.87. The minimum absolute atomic E-state index is 0.0342. The first-order chi connectivity index (χ1) is 6.97. The number of rotatable bonds is 4. The van der Waals surface area contributed by atoms with Gasteiger partial charge in [0.25, 0.3) is 0 Å². The summed E-state index contributed by atoms with van der Waals surface area (Å²) in [7, 11) is 0. The number of hydrogen-bond acceptors (Lipinski definition) is 3. The van der Waals surface area contributed by atoms with E-state index in [9.17, 15) is 4.79 Å². The maximum atomic E-state index is 11.8. The second-order valence-electron chi connectivity index (χ2n) is 3.98. The van der Waals surface area contributed by atoms with Crippen molar-refractivity contribution in [1.29, 1.82) is 0 Å². The van der Waals surface area contributed by atoms with Crippen LogP contribution < -0.4 is 11.1 Å². The summed E-state index contributed by atoms with van der Waals surface area (Å²) in [5, 5.41) is 4.92. The monoisotopic (exact) mass is 226 g/mol. The molecule has 84 valence electrons. The van der Waals surface area contributed by atoms with Crippen LogP contribution in [0, 0.1) is 0 Å². The average molecular weight is 226 g/mol. The predicted molar refractivity (Wildman–Crippen MR) is 63.8 cm³/mol. The van der Waals surface area contributed by atoms with Crippen LogP contribution in [0.15, 0.2) is 17.5 Å². The number of amides is 1. The van der Waals surface area contributed by atoms with Crippen molar-refractivity contribution in [2.75, 3.05) is 0 Å². The van der Waals surface area contributed by atoms with Gasteiger partial charge in [-0.05, 0) is 31.7 Å². The summed E-state index contributed by atoms with van der Waals surface area (Å²) in [5.74, 6) is -0.0918. The molecule has 0 bridgehead atoms. The second-order valence-corrected chi connectivity index (χ2v) is 4.96. The third-order valence-corrected chi connectivity index (χ3v) is 3.63. The summed E-state index contributed by atoms with van der Waals surface area (Å²) in [5.41, 5.74) is 5.08. The minimum atomic E-state index is -0.772. The summed E-state index contributed by atoms with van der Waals surface area (Å²) in [6.07, 6.45) is 0.635. The fourth-order valence-electron chi connectivity index (χ4n) is 1.13. The van der Waals surface area contributed by atoms with E-state index in [4.69, 9.17) is 5.73 Å². The van der Waals surface area contributed by atoms with Crippen molar-refractivity contribution in [3.05, 3.63) is 22.4 Å². The minimum Gasteiger partial charge on any atom is -0.347 e. The van der Waals surface area contributed by atoms with E-state index in [2.05, 4.69) is 5.32 Å². The van der Waals surface area contributed by atoms with Gasteiger partial charge in [-0.15, -0.1) is 11.3 Å². The van der Waals surface area contributed by atoms with Crippen LogP contribution in [-0.2, 0) is 4.79 Å². The first-order valence-corrected chi connectivity index (χ1v) is 5.98. The molecule has 3 nitrogen and oxygen atoms in total. The van der Waals surface area contributed by atoms with Crippen molar-refractivity contribution in [2.45, 2.75) is 38.8 Å². The molecule has 4 heteroatoms. The van der Waals surface area contributed by atoms with Gasteiger partial charge in [-0.1, -0.05) is 13.0 Å². The van der Waals surface area contributed by atoms with Crippen LogP contribution in [-0.4, -0.2) is 11.4 Å². The Morgan fingerprint density at radius 3 is 2.87 bits per heavy atom. The molecule has 3 N–H and O–H groups in total. The molecule has 0 saturated heterocycles. The van der Waals surface area contributed by atoms with Crippen molar-refractivity contribution in [3.8, 4) is 0 Å². The third kappa shape index (κ3) is 3.04. The molecule has 0 fully saturated rings. The molecule has 1 rings (SSSR count). The highest BCUT2D eigenvalue weighted by Gasteiger charge is 2.27. The summed E-state index contributed by atoms with van der Waals surface area (Å²) < 4.78 is 0. The molecule has 0 radical (unpaired) electrons. The fraction of sp³-hybridized carbons (Fsp3) is 0.545. The highest BCUT2D eigenvalue weighted by molar-refractivity contribution is 7.10. The lowest BCUT2D eigenvalue weighted by Gasteiger charge is -2.24. The Labute approximate surface area is 94.7 Å². The molecule has 0 aliphatic carbocycles. The summed E-state index contributed by atoms with van der Waals surface area (Å²) in [4.78, 5) is 12.9. The largest absolute Gasteiger partial charge is 0.347 e. The molecule has 0 aliphatic rings. The van der Waals surface area contributed by atoms with Gasteiger partial charge < -0.3 is 11.1 Å². The predicted octanol–water partition coefficient (Wildman–Crippen LogP) is 2.05. The van der Waals surface area contributed by atoms with Gasteiger partial charge in [0.1, 0.15) is 0 Å². The van der Waals surface area contributed by atoms with Gasteiger partial charge in [0, 0.05) is 4.88 Å². The van der Waals surface area contributed by atoms with Gasteiger partial charge >= 0.3 is 0 Å². The number of carbonyl (C=O) groups is 1. The average Bonchev–Trinajstić information content (AvgIpc) is 2.70. The zero-order chi connectivity index (χ0) is 11.5. The van der Waals surface area contributed by atoms with E-state index in [-0.39, 0.29) is 11.9 Å². The highest BCUT2D eigenvalue weighted by Crippen LogP contribution is 2.19. The Hall–Kier alpha value is -0.870. The zero-order valence-electron chi connectivity index (χ0n) is 9.41. The van der Waals surface area contributed by atoms with Crippen LogP contribution in [0.5, 0.6) is 0 Å². The van der Waals surface area contributed by atoms with Gasteiger partial charge in [0.15, 0.2) is 0 Å². The van der Waals surface area contributed by atoms with Gasteiger partial charge in [-0.3, -0.25) is 4.79 Å². The Morgan fingerprint density at radius 2 is 2.40 bits per heavy atom. The standard InChI is InChI=1S/C11H18N2OS/c1-4-11(3,12)10(14)13-8(2)9-6-5-7-15-9/h5-8H,4,12H2,1-3H3,(H,13,14)/t8-,11?/m1/s1. The maximum Gasteiger partial charge on any atom is 0.240 e. The van der Waals surface area contributed by atoms with Gasteiger partial charge in [0.05, 0.1) is 11.6 Å². The van der Waals surface area contributed by atoms with Crippen molar-refractivity contribution < 1.29 is 4.79 Å². The van der Waals surface area contributed by atoms with E-state index in [1.807, 2.05) is 31.4 Å². The van der Waals surface area contributed by atoms with Crippen LogP contribution in [0.2, 0.25) is 0 Å². The van der Waals surface area contributed by atoms with Gasteiger partial charge in [-0.25, -0.2) is 0 Å². The molecule has 1 heterocycles. The summed E-state index contributed by atoms with van der Waals surface area (Å²) in [6, 6.07) is 4.02. The summed E-state index contributed by atoms with van der Waals surface area (Å²) in [6.45, 7) is 5.63. The Bertz CT molecular complexity index is 319. The quantitative estimate of drug-likeness (QED) is 0.825. The van der Waals surface area contributed by atoms with E-state index >= 15 is 0 Å². The Kier molecular flexibility index (Phi) is 3.88. The molecule has 2 atom stereocenters. The van der Waals surface area contributed by atoms with Gasteiger partial charge in [-0.2, -0.15) is 0 Å². The third-order valence-electron chi connectivity index (χ3n) is 2.57. The van der Waals surface area contributed by atoms with Crippen LogP contribution in [0.3, 0.4) is 0 Å². The maximum absolute atomic E-state index is 11.8. The molecule has 15 heavy (non-hydrogen) atoms. The lowest BCUT2D eigenvalue weighted by atomic mass is 9.99. The number of nitrogens with two attached hydrogens (primary N) is 1. The normalized spacial score (nSPS) is 16.8. The number of hydrogen-bond donors (Lipinski definition) is 2. The van der Waals surface area contributed by atoms with Crippen LogP contribution in [0.1, 0.15) is 38.1 Å². The Balaban J connectivity index is 2.60. The molecule has 0 saturated carbocycles. The lowest BCUT2D eigenvalue weighted by Crippen LogP contribution is -2.51. The molecule has 1 aromatic heterocycles. The summed E-state index contributed by atoms with van der Waals surface area (Å²) >= 11 is 1.64. The molecule has 0 aromatic carbocycles. The zero-order valence-corrected chi connectivity index (χ0v) is 10.2. The topological polar surface area (TPSA) is 55.1 Å². The molecule has 0 aliphatic heterocycles. The highest BCUT2D eigenvalue weighted by atomic mass is 32.1. The van der Waals surface area contributed by atoms with Gasteiger partial charge in [0.2, 0.25) is 5.91 Å². The van der Waals surface area contributed by atoms with Crippen LogP contribution in [0.25, 0.3) is 0 Å². The van der Waals surface area contributed by atoms with Crippen molar-refractivity contribution >= 4 is 17.2 Å². The van der Waals surface area contributed by atoms with Crippen LogP contribution >= 0.6 is 11.3 Å². The molecule has 1 unspecified atom stereocenters. The van der Waals surface area contributed by atoms with E-state index < -0.39 is 5.54 Å². The van der Waals surface area contributed by atoms with Crippen LogP contribution in [0.4, 0.5) is 0 Å². The lowest BCUT2D eigenvalue weighted by molar-refractivity contribution is -0.126. The molecule has 0 spiro atoms. The molecular formula is C11H18N2OS. The van der Waals surface area contributed by atoms with E-state index in [0.29, 0.717) is 6.42 Å². The molecule has 1 amide bonds. The SMILES string of the molecule is CCC(C)(N)C(=O)N[C@H](C)c1cccs1. The van der Waals surface area contributed by atoms with Crippen molar-refractivity contribution in [3.63, 3.8) is 0 Å². The Morgan fingerprint density at radius 1 is 1.73 bits per heavy atom. The second kappa shape index (κ2) is 4.77. The first kappa shape index (κ1) is 12.2. The van der Waals surface area contributed by atoms with E-state index in [1.165, 1.54) is 0 Å². The first-order valence-electron chi connectivity index (χ1n) is 5.10. The van der Waals surface area contributed by atoms with E-state index in [0.717, 1.165) is 4.88 Å². The number of nitrogens with one attached hydrogen (secondary N) is 1. The molecule has 1 aromatic rings.